The number of nitrogen functional groups attached to an aromatic ring is 1. The summed E-state index contributed by atoms with van der Waals surface area (Å²) in [4.78, 5) is 15.6. The molecule has 0 unspecified atom stereocenters. The molecule has 104 valence electrons. The van der Waals surface area contributed by atoms with Crippen molar-refractivity contribution in [2.45, 2.75) is 6.54 Å². The zero-order valence-electron chi connectivity index (χ0n) is 10.9. The molecule has 0 aliphatic heterocycles. The molecule has 1 aromatic carbocycles. The zero-order valence-corrected chi connectivity index (χ0v) is 10.9. The number of carbonyl (C=O) groups excluding carboxylic acids is 1. The number of nitrogens with two attached hydrogens (primary N) is 1. The fourth-order valence-electron chi connectivity index (χ4n) is 1.71. The number of ether oxygens (including phenoxy) is 1. The number of amides is 1. The molecule has 1 heterocycles. The number of carbonyl (C=O) groups is 1. The molecular formula is C14H14FN3O2. The quantitative estimate of drug-likeness (QED) is 0.833. The van der Waals surface area contributed by atoms with E-state index < -0.39 is 11.7 Å². The van der Waals surface area contributed by atoms with Gasteiger partial charge < -0.3 is 15.8 Å². The highest BCUT2D eigenvalue weighted by atomic mass is 19.1. The molecule has 1 amide bonds. The van der Waals surface area contributed by atoms with E-state index in [4.69, 9.17) is 10.5 Å². The largest absolute Gasteiger partial charge is 0.496 e. The standard InChI is InChI=1S/C14H14FN3O2/c1-20-13-5-3-11(16)6-9(13)7-18-14(19)12-4-2-10(15)8-17-12/h2-6,8H,7,16H2,1H3,(H,18,19). The van der Waals surface area contributed by atoms with Gasteiger partial charge in [0.05, 0.1) is 13.3 Å². The fourth-order valence-corrected chi connectivity index (χ4v) is 1.71. The molecule has 5 nitrogen and oxygen atoms in total. The van der Waals surface area contributed by atoms with Gasteiger partial charge in [0.15, 0.2) is 0 Å². The molecular weight excluding hydrogens is 261 g/mol. The Bertz CT molecular complexity index is 614. The average Bonchev–Trinajstić information content (AvgIpc) is 2.45. The number of rotatable bonds is 4. The van der Waals surface area contributed by atoms with Crippen LogP contribution in [0.15, 0.2) is 36.5 Å². The Morgan fingerprint density at radius 3 is 2.85 bits per heavy atom. The Labute approximate surface area is 115 Å². The summed E-state index contributed by atoms with van der Waals surface area (Å²) in [5, 5.41) is 2.68. The number of hydrogen-bond acceptors (Lipinski definition) is 4. The van der Waals surface area contributed by atoms with Crippen LogP contribution >= 0.6 is 0 Å². The van der Waals surface area contributed by atoms with Crippen molar-refractivity contribution in [2.24, 2.45) is 0 Å². The maximum absolute atomic E-state index is 12.7. The molecule has 2 aromatic rings. The Hall–Kier alpha value is -2.63. The van der Waals surface area contributed by atoms with Crippen LogP contribution < -0.4 is 15.8 Å². The van der Waals surface area contributed by atoms with E-state index in [0.717, 1.165) is 11.8 Å². The molecule has 3 N–H and O–H groups in total. The van der Waals surface area contributed by atoms with Crippen molar-refractivity contribution in [2.75, 3.05) is 12.8 Å². The minimum absolute atomic E-state index is 0.147. The molecule has 20 heavy (non-hydrogen) atoms. The Morgan fingerprint density at radius 1 is 1.40 bits per heavy atom. The van der Waals surface area contributed by atoms with E-state index in [1.165, 1.54) is 12.1 Å². The fraction of sp³-hybridized carbons (Fsp3) is 0.143. The molecule has 0 spiro atoms. The smallest absolute Gasteiger partial charge is 0.270 e. The van der Waals surface area contributed by atoms with E-state index in [1.54, 1.807) is 25.3 Å². The van der Waals surface area contributed by atoms with Crippen molar-refractivity contribution in [1.82, 2.24) is 10.3 Å². The van der Waals surface area contributed by atoms with Gasteiger partial charge in [-0.3, -0.25) is 4.79 Å². The SMILES string of the molecule is COc1ccc(N)cc1CNC(=O)c1ccc(F)cn1. The number of hydrogen-bond donors (Lipinski definition) is 2. The molecule has 0 aliphatic rings. The molecule has 0 fully saturated rings. The van der Waals surface area contributed by atoms with Crippen molar-refractivity contribution < 1.29 is 13.9 Å². The first-order valence-corrected chi connectivity index (χ1v) is 5.92. The number of anilines is 1. The predicted molar refractivity (Wildman–Crippen MR) is 72.8 cm³/mol. The van der Waals surface area contributed by atoms with Crippen LogP contribution in [0.5, 0.6) is 5.75 Å². The minimum Gasteiger partial charge on any atom is -0.496 e. The summed E-state index contributed by atoms with van der Waals surface area (Å²) in [5.74, 6) is -0.250. The second-order valence-corrected chi connectivity index (χ2v) is 4.12. The highest BCUT2D eigenvalue weighted by Crippen LogP contribution is 2.20. The molecule has 0 saturated carbocycles. The molecule has 6 heteroatoms. The van der Waals surface area contributed by atoms with Crippen LogP contribution in [-0.4, -0.2) is 18.0 Å². The van der Waals surface area contributed by atoms with Crippen LogP contribution in [-0.2, 0) is 6.54 Å². The Kier molecular flexibility index (Phi) is 4.14. The van der Waals surface area contributed by atoms with Crippen molar-refractivity contribution in [3.05, 3.63) is 53.6 Å². The first-order chi connectivity index (χ1) is 9.60. The number of aromatic nitrogens is 1. The molecule has 0 radical (unpaired) electrons. The molecule has 0 aliphatic carbocycles. The average molecular weight is 275 g/mol. The maximum atomic E-state index is 12.7. The lowest BCUT2D eigenvalue weighted by Gasteiger charge is -2.10. The zero-order chi connectivity index (χ0) is 14.5. The number of nitrogens with zero attached hydrogens (tertiary/aromatic N) is 1. The van der Waals surface area contributed by atoms with E-state index in [2.05, 4.69) is 10.3 Å². The van der Waals surface area contributed by atoms with Crippen molar-refractivity contribution in [3.8, 4) is 5.75 Å². The van der Waals surface area contributed by atoms with Gasteiger partial charge in [0.2, 0.25) is 0 Å². The third-order valence-corrected chi connectivity index (χ3v) is 2.70. The van der Waals surface area contributed by atoms with Gasteiger partial charge in [-0.15, -0.1) is 0 Å². The third-order valence-electron chi connectivity index (χ3n) is 2.70. The number of benzene rings is 1. The van der Waals surface area contributed by atoms with Crippen LogP contribution in [0.4, 0.5) is 10.1 Å². The van der Waals surface area contributed by atoms with Crippen LogP contribution in [0.3, 0.4) is 0 Å². The summed E-state index contributed by atoms with van der Waals surface area (Å²) in [6.07, 6.45) is 0.996. The number of pyridine rings is 1. The first kappa shape index (κ1) is 13.8. The minimum atomic E-state index is -0.487. The van der Waals surface area contributed by atoms with Gasteiger partial charge >= 0.3 is 0 Å². The van der Waals surface area contributed by atoms with Gasteiger partial charge in [0, 0.05) is 17.8 Å². The van der Waals surface area contributed by atoms with Crippen LogP contribution in [0.1, 0.15) is 16.1 Å². The second-order valence-electron chi connectivity index (χ2n) is 4.12. The van der Waals surface area contributed by atoms with Gasteiger partial charge in [-0.25, -0.2) is 9.37 Å². The number of methoxy groups -OCH3 is 1. The van der Waals surface area contributed by atoms with E-state index in [1.807, 2.05) is 0 Å². The molecule has 2 rings (SSSR count). The monoisotopic (exact) mass is 275 g/mol. The molecule has 0 bridgehead atoms. The maximum Gasteiger partial charge on any atom is 0.270 e. The second kappa shape index (κ2) is 6.01. The highest BCUT2D eigenvalue weighted by molar-refractivity contribution is 5.92. The van der Waals surface area contributed by atoms with E-state index in [-0.39, 0.29) is 12.2 Å². The van der Waals surface area contributed by atoms with Gasteiger partial charge in [0.1, 0.15) is 17.3 Å². The Balaban J connectivity index is 2.06. The Morgan fingerprint density at radius 2 is 2.20 bits per heavy atom. The van der Waals surface area contributed by atoms with E-state index in [9.17, 15) is 9.18 Å². The molecule has 1 aromatic heterocycles. The van der Waals surface area contributed by atoms with Gasteiger partial charge in [-0.2, -0.15) is 0 Å². The summed E-state index contributed by atoms with van der Waals surface area (Å²) in [7, 11) is 1.54. The van der Waals surface area contributed by atoms with Crippen LogP contribution in [0, 0.1) is 5.82 Å². The first-order valence-electron chi connectivity index (χ1n) is 5.92. The van der Waals surface area contributed by atoms with Crippen LogP contribution in [0.25, 0.3) is 0 Å². The lowest BCUT2D eigenvalue weighted by atomic mass is 10.1. The third kappa shape index (κ3) is 3.23. The van der Waals surface area contributed by atoms with Crippen molar-refractivity contribution in [1.29, 1.82) is 0 Å². The van der Waals surface area contributed by atoms with E-state index in [0.29, 0.717) is 11.4 Å². The summed E-state index contributed by atoms with van der Waals surface area (Å²) in [6, 6.07) is 7.67. The van der Waals surface area contributed by atoms with Gasteiger partial charge in [-0.05, 0) is 30.3 Å². The summed E-state index contributed by atoms with van der Waals surface area (Å²) in [5.41, 5.74) is 7.17. The topological polar surface area (TPSA) is 77.2 Å². The van der Waals surface area contributed by atoms with Crippen molar-refractivity contribution >= 4 is 11.6 Å². The molecule has 0 atom stereocenters. The molecule has 0 saturated heterocycles. The number of nitrogens with one attached hydrogen (secondary N) is 1. The highest BCUT2D eigenvalue weighted by Gasteiger charge is 2.09. The predicted octanol–water partition coefficient (Wildman–Crippen LogP) is 1.74. The normalized spacial score (nSPS) is 10.1. The lowest BCUT2D eigenvalue weighted by Crippen LogP contribution is -2.24. The lowest BCUT2D eigenvalue weighted by molar-refractivity contribution is 0.0945. The van der Waals surface area contributed by atoms with Gasteiger partial charge in [0.25, 0.3) is 5.91 Å². The number of halogens is 1. The van der Waals surface area contributed by atoms with E-state index >= 15 is 0 Å². The van der Waals surface area contributed by atoms with Crippen LogP contribution in [0.2, 0.25) is 0 Å². The summed E-state index contributed by atoms with van der Waals surface area (Å²) in [6.45, 7) is 0.242. The summed E-state index contributed by atoms with van der Waals surface area (Å²) < 4.78 is 17.9. The van der Waals surface area contributed by atoms with Gasteiger partial charge in [-0.1, -0.05) is 0 Å². The summed E-state index contributed by atoms with van der Waals surface area (Å²) >= 11 is 0. The van der Waals surface area contributed by atoms with Crippen molar-refractivity contribution in [3.63, 3.8) is 0 Å².